The molecule has 0 saturated carbocycles. The van der Waals surface area contributed by atoms with Crippen LogP contribution in [0.3, 0.4) is 0 Å². The van der Waals surface area contributed by atoms with Gasteiger partial charge >= 0.3 is 0 Å². The largest absolute Gasteiger partial charge is 0.326 e. The number of nitrogens with one attached hydrogen (secondary N) is 2. The van der Waals surface area contributed by atoms with E-state index in [1.54, 1.807) is 12.1 Å². The minimum Gasteiger partial charge on any atom is -0.326 e. The fourth-order valence-electron chi connectivity index (χ4n) is 2.10. The number of carbonyl (C=O) groups is 1. The van der Waals surface area contributed by atoms with E-state index in [1.807, 2.05) is 19.1 Å². The molecule has 1 saturated heterocycles. The van der Waals surface area contributed by atoms with Gasteiger partial charge in [0.25, 0.3) is 0 Å². The Morgan fingerprint density at radius 3 is 3.00 bits per heavy atom. The van der Waals surface area contributed by atoms with Crippen molar-refractivity contribution in [3.63, 3.8) is 0 Å². The summed E-state index contributed by atoms with van der Waals surface area (Å²) in [6, 6.07) is 7.24. The van der Waals surface area contributed by atoms with Crippen molar-refractivity contribution >= 4 is 23.2 Å². The van der Waals surface area contributed by atoms with Crippen LogP contribution in [-0.4, -0.2) is 19.0 Å². The first-order valence-corrected chi connectivity index (χ1v) is 6.26. The molecule has 0 spiro atoms. The normalized spacial score (nSPS) is 24.4. The molecule has 2 N–H and O–H groups in total. The number of benzene rings is 1. The quantitative estimate of drug-likeness (QED) is 0.850. The Bertz CT molecular complexity index is 414. The Morgan fingerprint density at radius 1 is 1.53 bits per heavy atom. The summed E-state index contributed by atoms with van der Waals surface area (Å²) in [5.74, 6) is 0.0620. The highest BCUT2D eigenvalue weighted by Gasteiger charge is 2.34. The van der Waals surface area contributed by atoms with Crippen molar-refractivity contribution < 1.29 is 4.79 Å². The Morgan fingerprint density at radius 2 is 2.35 bits per heavy atom. The maximum absolute atomic E-state index is 12.2. The summed E-state index contributed by atoms with van der Waals surface area (Å²) in [5, 5.41) is 6.83. The van der Waals surface area contributed by atoms with Crippen molar-refractivity contribution in [3.8, 4) is 0 Å². The lowest BCUT2D eigenvalue weighted by Gasteiger charge is -2.32. The topological polar surface area (TPSA) is 41.1 Å². The first-order valence-electron chi connectivity index (χ1n) is 5.88. The van der Waals surface area contributed by atoms with Crippen LogP contribution in [0, 0.1) is 5.41 Å². The second kappa shape index (κ2) is 5.07. The van der Waals surface area contributed by atoms with Gasteiger partial charge in [0.05, 0.1) is 5.41 Å². The summed E-state index contributed by atoms with van der Waals surface area (Å²) in [7, 11) is 0. The molecule has 0 bridgehead atoms. The summed E-state index contributed by atoms with van der Waals surface area (Å²) in [4.78, 5) is 12.2. The molecule has 1 unspecified atom stereocenters. The molecule has 1 aliphatic rings. The van der Waals surface area contributed by atoms with Crippen LogP contribution in [0.2, 0.25) is 5.02 Å². The summed E-state index contributed by atoms with van der Waals surface area (Å²) >= 11 is 5.89. The Balaban J connectivity index is 2.05. The highest BCUT2D eigenvalue weighted by molar-refractivity contribution is 6.30. The van der Waals surface area contributed by atoms with E-state index < -0.39 is 0 Å². The standard InChI is InChI=1S/C13H17ClN2O/c1-13(6-3-7-15-9-13)12(17)16-11-5-2-4-10(14)8-11/h2,4-5,8,15H,3,6-7,9H2,1H3,(H,16,17). The molecule has 4 heteroatoms. The summed E-state index contributed by atoms with van der Waals surface area (Å²) in [6.45, 7) is 3.73. The Kier molecular flexibility index (Phi) is 3.69. The SMILES string of the molecule is CC1(C(=O)Nc2cccc(Cl)c2)CCCNC1. The van der Waals surface area contributed by atoms with E-state index in [1.165, 1.54) is 0 Å². The van der Waals surface area contributed by atoms with Crippen molar-refractivity contribution in [2.24, 2.45) is 5.41 Å². The summed E-state index contributed by atoms with van der Waals surface area (Å²) < 4.78 is 0. The minimum atomic E-state index is -0.319. The third kappa shape index (κ3) is 2.99. The van der Waals surface area contributed by atoms with Gasteiger partial charge in [0, 0.05) is 17.3 Å². The van der Waals surface area contributed by atoms with Crippen LogP contribution in [0.5, 0.6) is 0 Å². The van der Waals surface area contributed by atoms with E-state index in [0.29, 0.717) is 5.02 Å². The van der Waals surface area contributed by atoms with Crippen LogP contribution in [0.15, 0.2) is 24.3 Å². The average Bonchev–Trinajstić information content (AvgIpc) is 2.30. The van der Waals surface area contributed by atoms with Crippen LogP contribution in [-0.2, 0) is 4.79 Å². The second-order valence-corrected chi connectivity index (χ2v) is 5.24. The van der Waals surface area contributed by atoms with Gasteiger partial charge in [-0.25, -0.2) is 0 Å². The van der Waals surface area contributed by atoms with Crippen molar-refractivity contribution in [2.75, 3.05) is 18.4 Å². The highest BCUT2D eigenvalue weighted by atomic mass is 35.5. The molecule has 0 aliphatic carbocycles. The predicted octanol–water partition coefficient (Wildman–Crippen LogP) is 2.67. The molecule has 1 aromatic carbocycles. The smallest absolute Gasteiger partial charge is 0.231 e. The van der Waals surface area contributed by atoms with E-state index in [2.05, 4.69) is 10.6 Å². The first-order chi connectivity index (χ1) is 8.10. The van der Waals surface area contributed by atoms with Gasteiger partial charge in [-0.15, -0.1) is 0 Å². The third-order valence-corrected chi connectivity index (χ3v) is 3.46. The lowest BCUT2D eigenvalue weighted by Crippen LogP contribution is -2.46. The maximum atomic E-state index is 12.2. The van der Waals surface area contributed by atoms with Crippen molar-refractivity contribution in [3.05, 3.63) is 29.3 Å². The van der Waals surface area contributed by atoms with E-state index in [4.69, 9.17) is 11.6 Å². The van der Waals surface area contributed by atoms with Crippen LogP contribution in [0.25, 0.3) is 0 Å². The van der Waals surface area contributed by atoms with E-state index >= 15 is 0 Å². The van der Waals surface area contributed by atoms with Crippen molar-refractivity contribution in [2.45, 2.75) is 19.8 Å². The number of hydrogen-bond donors (Lipinski definition) is 2. The van der Waals surface area contributed by atoms with Crippen LogP contribution in [0.1, 0.15) is 19.8 Å². The van der Waals surface area contributed by atoms with E-state index in [9.17, 15) is 4.79 Å². The molecule has 0 radical (unpaired) electrons. The van der Waals surface area contributed by atoms with E-state index in [0.717, 1.165) is 31.6 Å². The van der Waals surface area contributed by atoms with Gasteiger partial charge in [-0.05, 0) is 44.5 Å². The van der Waals surface area contributed by atoms with Gasteiger partial charge in [-0.3, -0.25) is 4.79 Å². The molecule has 2 rings (SSSR count). The summed E-state index contributed by atoms with van der Waals surface area (Å²) in [6.07, 6.45) is 1.96. The molecule has 1 aliphatic heterocycles. The number of hydrogen-bond acceptors (Lipinski definition) is 2. The number of amides is 1. The molecule has 92 valence electrons. The number of carbonyl (C=O) groups excluding carboxylic acids is 1. The first kappa shape index (κ1) is 12.4. The fraction of sp³-hybridized carbons (Fsp3) is 0.462. The zero-order chi connectivity index (χ0) is 12.3. The van der Waals surface area contributed by atoms with Gasteiger partial charge < -0.3 is 10.6 Å². The van der Waals surface area contributed by atoms with Crippen LogP contribution >= 0.6 is 11.6 Å². The lowest BCUT2D eigenvalue weighted by molar-refractivity contribution is -0.125. The zero-order valence-electron chi connectivity index (χ0n) is 9.92. The zero-order valence-corrected chi connectivity index (χ0v) is 10.7. The second-order valence-electron chi connectivity index (χ2n) is 4.81. The molecule has 1 fully saturated rings. The monoisotopic (exact) mass is 252 g/mol. The average molecular weight is 253 g/mol. The van der Waals surface area contributed by atoms with Gasteiger partial charge in [0.2, 0.25) is 5.91 Å². The fourth-order valence-corrected chi connectivity index (χ4v) is 2.29. The molecule has 17 heavy (non-hydrogen) atoms. The van der Waals surface area contributed by atoms with Crippen molar-refractivity contribution in [1.82, 2.24) is 5.32 Å². The molecule has 0 aromatic heterocycles. The Labute approximate surface area is 107 Å². The molecule has 1 atom stereocenters. The van der Waals surface area contributed by atoms with E-state index in [-0.39, 0.29) is 11.3 Å². The van der Waals surface area contributed by atoms with Gasteiger partial charge in [0.1, 0.15) is 0 Å². The predicted molar refractivity (Wildman–Crippen MR) is 70.3 cm³/mol. The Hall–Kier alpha value is -1.06. The summed E-state index contributed by atoms with van der Waals surface area (Å²) in [5.41, 5.74) is 0.440. The maximum Gasteiger partial charge on any atom is 0.231 e. The minimum absolute atomic E-state index is 0.0620. The number of anilines is 1. The molecular weight excluding hydrogens is 236 g/mol. The molecular formula is C13H17ClN2O. The molecule has 1 aromatic rings. The van der Waals surface area contributed by atoms with Crippen LogP contribution < -0.4 is 10.6 Å². The number of rotatable bonds is 2. The highest BCUT2D eigenvalue weighted by Crippen LogP contribution is 2.27. The number of halogens is 1. The lowest BCUT2D eigenvalue weighted by atomic mass is 9.82. The molecule has 1 heterocycles. The molecule has 3 nitrogen and oxygen atoms in total. The molecule has 1 amide bonds. The van der Waals surface area contributed by atoms with Crippen molar-refractivity contribution in [1.29, 1.82) is 0 Å². The van der Waals surface area contributed by atoms with Crippen LogP contribution in [0.4, 0.5) is 5.69 Å². The number of piperidine rings is 1. The third-order valence-electron chi connectivity index (χ3n) is 3.23. The van der Waals surface area contributed by atoms with Gasteiger partial charge in [0.15, 0.2) is 0 Å². The van der Waals surface area contributed by atoms with Gasteiger partial charge in [-0.2, -0.15) is 0 Å². The van der Waals surface area contributed by atoms with Gasteiger partial charge in [-0.1, -0.05) is 17.7 Å².